The molecule has 0 heterocycles. The second kappa shape index (κ2) is 5.56. The van der Waals surface area contributed by atoms with Crippen molar-refractivity contribution in [2.24, 2.45) is 11.8 Å². The third kappa shape index (κ3) is 2.85. The molecule has 1 aliphatic carbocycles. The van der Waals surface area contributed by atoms with Crippen LogP contribution in [-0.4, -0.2) is 0 Å². The molecule has 0 nitrogen and oxygen atoms in total. The third-order valence-electron chi connectivity index (χ3n) is 4.05. The van der Waals surface area contributed by atoms with Crippen LogP contribution in [0.1, 0.15) is 49.1 Å². The lowest BCUT2D eigenvalue weighted by Gasteiger charge is -2.30. The number of hydrogen-bond donors (Lipinski definition) is 0. The Morgan fingerprint density at radius 1 is 1.11 bits per heavy atom. The summed E-state index contributed by atoms with van der Waals surface area (Å²) < 4.78 is 27.4. The molecule has 0 aliphatic heterocycles. The van der Waals surface area contributed by atoms with E-state index in [-0.39, 0.29) is 17.6 Å². The van der Waals surface area contributed by atoms with E-state index in [1.165, 1.54) is 12.1 Å². The number of halogens is 3. The van der Waals surface area contributed by atoms with Crippen LogP contribution in [-0.2, 0) is 0 Å². The van der Waals surface area contributed by atoms with Gasteiger partial charge in [0.25, 0.3) is 0 Å². The molecular weight excluding hydrogens is 254 g/mol. The average molecular weight is 273 g/mol. The first kappa shape index (κ1) is 13.8. The van der Waals surface area contributed by atoms with E-state index in [2.05, 4.69) is 6.92 Å². The zero-order valence-electron chi connectivity index (χ0n) is 10.8. The number of rotatable bonds is 2. The average Bonchev–Trinajstić information content (AvgIpc) is 2.34. The normalized spacial score (nSPS) is 26.1. The standard InChI is InChI=1S/C15H19ClF2/c1-9-3-5-11(6-4-9)15(16)12-8-13(17)10(2)7-14(12)18/h7-9,11,15H,3-6H2,1-2H3. The number of benzene rings is 1. The highest BCUT2D eigenvalue weighted by Crippen LogP contribution is 2.41. The predicted octanol–water partition coefficient (Wildman–Crippen LogP) is 5.38. The summed E-state index contributed by atoms with van der Waals surface area (Å²) in [6.45, 7) is 3.79. The van der Waals surface area contributed by atoms with Gasteiger partial charge in [-0.3, -0.25) is 0 Å². The highest BCUT2D eigenvalue weighted by Gasteiger charge is 2.28. The van der Waals surface area contributed by atoms with Crippen LogP contribution >= 0.6 is 11.6 Å². The summed E-state index contributed by atoms with van der Waals surface area (Å²) in [7, 11) is 0. The topological polar surface area (TPSA) is 0 Å². The molecule has 18 heavy (non-hydrogen) atoms. The van der Waals surface area contributed by atoms with Crippen LogP contribution in [0.2, 0.25) is 0 Å². The van der Waals surface area contributed by atoms with Crippen LogP contribution < -0.4 is 0 Å². The smallest absolute Gasteiger partial charge is 0.128 e. The van der Waals surface area contributed by atoms with Crippen molar-refractivity contribution < 1.29 is 8.78 Å². The summed E-state index contributed by atoms with van der Waals surface area (Å²) in [6.07, 6.45) is 4.27. The van der Waals surface area contributed by atoms with Gasteiger partial charge < -0.3 is 0 Å². The molecule has 1 atom stereocenters. The summed E-state index contributed by atoms with van der Waals surface area (Å²) >= 11 is 6.36. The van der Waals surface area contributed by atoms with E-state index in [0.29, 0.717) is 11.1 Å². The van der Waals surface area contributed by atoms with E-state index in [1.54, 1.807) is 6.92 Å². The highest BCUT2D eigenvalue weighted by atomic mass is 35.5. The number of aryl methyl sites for hydroxylation is 1. The zero-order chi connectivity index (χ0) is 13.3. The highest BCUT2D eigenvalue weighted by molar-refractivity contribution is 6.21. The number of alkyl halides is 1. The second-order valence-corrected chi connectivity index (χ2v) is 6.01. The molecule has 0 radical (unpaired) electrons. The molecule has 3 heteroatoms. The van der Waals surface area contributed by atoms with Gasteiger partial charge in [-0.05, 0) is 49.3 Å². The van der Waals surface area contributed by atoms with Crippen LogP contribution in [0.25, 0.3) is 0 Å². The van der Waals surface area contributed by atoms with Crippen molar-refractivity contribution in [2.45, 2.75) is 44.9 Å². The molecule has 0 bridgehead atoms. The van der Waals surface area contributed by atoms with Gasteiger partial charge in [0.05, 0.1) is 5.38 Å². The molecule has 0 aromatic heterocycles. The van der Waals surface area contributed by atoms with Crippen LogP contribution in [0.5, 0.6) is 0 Å². The summed E-state index contributed by atoms with van der Waals surface area (Å²) in [4.78, 5) is 0. The largest absolute Gasteiger partial charge is 0.207 e. The van der Waals surface area contributed by atoms with Gasteiger partial charge in [-0.2, -0.15) is 0 Å². The van der Waals surface area contributed by atoms with Crippen molar-refractivity contribution in [2.75, 3.05) is 0 Å². The first-order valence-electron chi connectivity index (χ1n) is 6.58. The Morgan fingerprint density at radius 2 is 1.72 bits per heavy atom. The molecule has 2 rings (SSSR count). The minimum atomic E-state index is -0.410. The fraction of sp³-hybridized carbons (Fsp3) is 0.600. The zero-order valence-corrected chi connectivity index (χ0v) is 11.6. The van der Waals surface area contributed by atoms with Crippen molar-refractivity contribution in [1.29, 1.82) is 0 Å². The van der Waals surface area contributed by atoms with Gasteiger partial charge in [-0.25, -0.2) is 8.78 Å². The van der Waals surface area contributed by atoms with E-state index in [1.807, 2.05) is 0 Å². The lowest BCUT2D eigenvalue weighted by molar-refractivity contribution is 0.281. The number of hydrogen-bond acceptors (Lipinski definition) is 0. The Balaban J connectivity index is 2.18. The molecule has 100 valence electrons. The Hall–Kier alpha value is -0.630. The second-order valence-electron chi connectivity index (χ2n) is 5.54. The van der Waals surface area contributed by atoms with E-state index < -0.39 is 5.38 Å². The first-order valence-corrected chi connectivity index (χ1v) is 7.02. The summed E-state index contributed by atoms with van der Waals surface area (Å²) in [6, 6.07) is 2.51. The monoisotopic (exact) mass is 272 g/mol. The van der Waals surface area contributed by atoms with Crippen LogP contribution in [0.4, 0.5) is 8.78 Å². The summed E-state index contributed by atoms with van der Waals surface area (Å²) in [5.41, 5.74) is 0.650. The van der Waals surface area contributed by atoms with Crippen LogP contribution in [0.15, 0.2) is 12.1 Å². The lowest BCUT2D eigenvalue weighted by atomic mass is 9.79. The quantitative estimate of drug-likeness (QED) is 0.634. The van der Waals surface area contributed by atoms with Gasteiger partial charge in [0.15, 0.2) is 0 Å². The maximum absolute atomic E-state index is 13.9. The molecule has 0 saturated heterocycles. The molecule has 1 aromatic rings. The minimum absolute atomic E-state index is 0.263. The van der Waals surface area contributed by atoms with Gasteiger partial charge >= 0.3 is 0 Å². The van der Waals surface area contributed by atoms with Gasteiger partial charge in [0, 0.05) is 5.56 Å². The minimum Gasteiger partial charge on any atom is -0.207 e. The van der Waals surface area contributed by atoms with Crippen molar-refractivity contribution in [1.82, 2.24) is 0 Å². The Kier molecular flexibility index (Phi) is 4.26. The summed E-state index contributed by atoms with van der Waals surface area (Å²) in [5.74, 6) is 0.234. The van der Waals surface area contributed by atoms with Gasteiger partial charge in [0.1, 0.15) is 11.6 Å². The first-order chi connectivity index (χ1) is 8.49. The lowest BCUT2D eigenvalue weighted by Crippen LogP contribution is -2.17. The van der Waals surface area contributed by atoms with Crippen molar-refractivity contribution in [3.05, 3.63) is 34.9 Å². The molecule has 1 fully saturated rings. The Labute approximate surface area is 112 Å². The molecule has 1 saturated carbocycles. The Bertz CT molecular complexity index is 423. The third-order valence-corrected chi connectivity index (χ3v) is 4.64. The molecule has 0 spiro atoms. The maximum atomic E-state index is 13.9. The molecule has 1 unspecified atom stereocenters. The summed E-state index contributed by atoms with van der Waals surface area (Å²) in [5, 5.41) is -0.410. The van der Waals surface area contributed by atoms with E-state index in [0.717, 1.165) is 31.6 Å². The molecule has 0 amide bonds. The van der Waals surface area contributed by atoms with Crippen molar-refractivity contribution in [3.8, 4) is 0 Å². The molecule has 1 aromatic carbocycles. The molecule has 0 N–H and O–H groups in total. The van der Waals surface area contributed by atoms with Gasteiger partial charge in [-0.1, -0.05) is 19.8 Å². The molecular formula is C15H19ClF2. The predicted molar refractivity (Wildman–Crippen MR) is 70.8 cm³/mol. The fourth-order valence-corrected chi connectivity index (χ4v) is 3.12. The molecule has 1 aliphatic rings. The van der Waals surface area contributed by atoms with Crippen LogP contribution in [0, 0.1) is 30.4 Å². The van der Waals surface area contributed by atoms with Crippen molar-refractivity contribution in [3.63, 3.8) is 0 Å². The van der Waals surface area contributed by atoms with Gasteiger partial charge in [-0.15, -0.1) is 11.6 Å². The Morgan fingerprint density at radius 3 is 2.33 bits per heavy atom. The SMILES string of the molecule is Cc1cc(F)c(C(Cl)C2CCC(C)CC2)cc1F. The van der Waals surface area contributed by atoms with Crippen molar-refractivity contribution >= 4 is 11.6 Å². The maximum Gasteiger partial charge on any atom is 0.128 e. The van der Waals surface area contributed by atoms with E-state index >= 15 is 0 Å². The van der Waals surface area contributed by atoms with Crippen LogP contribution in [0.3, 0.4) is 0 Å². The van der Waals surface area contributed by atoms with Gasteiger partial charge in [0.2, 0.25) is 0 Å². The van der Waals surface area contributed by atoms with E-state index in [4.69, 9.17) is 11.6 Å². The van der Waals surface area contributed by atoms with E-state index in [9.17, 15) is 8.78 Å². The fourth-order valence-electron chi connectivity index (χ4n) is 2.71.